The van der Waals surface area contributed by atoms with Gasteiger partial charge >= 0.3 is 12.4 Å². The third kappa shape index (κ3) is 9.88. The molecule has 0 saturated carbocycles. The smallest absolute Gasteiger partial charge is 0.255 e. The SMILES string of the molecule is CP(C)c1ccccc1.FC(F)(F)c1nc(-c2ccccn2)n[nH]1.FC(F)(F)c1nc(-c2ccccn2)n[nH]1.[Os]. The molecule has 0 saturated heterocycles. The monoisotopic (exact) mass is 758 g/mol. The molecule has 8 nitrogen and oxygen atoms in total. The Hall–Kier alpha value is -3.55. The molecule has 0 bridgehead atoms. The number of H-pyrrole nitrogens is 2. The molecule has 0 fully saturated rings. The maximum atomic E-state index is 12.2. The molecule has 0 aliphatic carbocycles. The number of benzene rings is 1. The van der Waals surface area contributed by atoms with Gasteiger partial charge in [-0.15, -0.1) is 0 Å². The van der Waals surface area contributed by atoms with Crippen LogP contribution < -0.4 is 5.30 Å². The summed E-state index contributed by atoms with van der Waals surface area (Å²) >= 11 is 0. The van der Waals surface area contributed by atoms with E-state index in [2.05, 4.69) is 73.8 Å². The number of hydrogen-bond acceptors (Lipinski definition) is 6. The first-order valence-electron chi connectivity index (χ1n) is 11.0. The number of alkyl halides is 6. The summed E-state index contributed by atoms with van der Waals surface area (Å²) in [5, 5.41) is 12.0. The van der Waals surface area contributed by atoms with E-state index in [1.807, 2.05) is 10.2 Å². The van der Waals surface area contributed by atoms with Crippen LogP contribution in [0.5, 0.6) is 0 Å². The van der Waals surface area contributed by atoms with Crippen molar-refractivity contribution in [1.29, 1.82) is 0 Å². The largest absolute Gasteiger partial charge is 0.451 e. The summed E-state index contributed by atoms with van der Waals surface area (Å²) in [5.74, 6) is -2.38. The van der Waals surface area contributed by atoms with E-state index in [0.29, 0.717) is 11.4 Å². The second-order valence-corrected chi connectivity index (χ2v) is 9.98. The van der Waals surface area contributed by atoms with Gasteiger partial charge in [0.2, 0.25) is 11.6 Å². The fourth-order valence-corrected chi connectivity index (χ4v) is 3.49. The van der Waals surface area contributed by atoms with Crippen molar-refractivity contribution >= 4 is 13.2 Å². The van der Waals surface area contributed by atoms with E-state index in [9.17, 15) is 26.3 Å². The van der Waals surface area contributed by atoms with Gasteiger partial charge in [0.05, 0.1) is 0 Å². The summed E-state index contributed by atoms with van der Waals surface area (Å²) in [6.45, 7) is 4.54. The van der Waals surface area contributed by atoms with Gasteiger partial charge in [0.25, 0.3) is 0 Å². The molecule has 5 rings (SSSR count). The number of rotatable bonds is 3. The number of aromatic nitrogens is 8. The van der Waals surface area contributed by atoms with E-state index in [4.69, 9.17) is 0 Å². The van der Waals surface area contributed by atoms with Crippen molar-refractivity contribution < 1.29 is 46.1 Å². The molecule has 0 aliphatic rings. The van der Waals surface area contributed by atoms with Gasteiger partial charge < -0.3 is 0 Å². The zero-order valence-corrected chi connectivity index (χ0v) is 24.2. The van der Waals surface area contributed by atoms with Gasteiger partial charge in [0.1, 0.15) is 11.4 Å². The van der Waals surface area contributed by atoms with Crippen molar-refractivity contribution in [3.8, 4) is 23.0 Å². The first kappa shape index (κ1) is 32.7. The second kappa shape index (κ2) is 14.7. The van der Waals surface area contributed by atoms with Crippen LogP contribution in [-0.2, 0) is 32.1 Å². The third-order valence-electron chi connectivity index (χ3n) is 4.57. The Morgan fingerprint density at radius 1 is 0.600 bits per heavy atom. The standard InChI is InChI=1S/2C8H5F3N4.C8H11P.Os/c2*9-8(10,11)7-13-6(14-15-7)5-3-1-2-4-12-5;1-9(2)8-6-4-3-5-7-8;/h2*1-4H,(H,13,14,15);3-7H,1-2H3;. The molecule has 4 heterocycles. The van der Waals surface area contributed by atoms with E-state index in [1.165, 1.54) is 29.8 Å². The van der Waals surface area contributed by atoms with E-state index in [1.54, 1.807) is 24.3 Å². The van der Waals surface area contributed by atoms with Gasteiger partial charge in [0.15, 0.2) is 11.6 Å². The van der Waals surface area contributed by atoms with Crippen LogP contribution in [0.2, 0.25) is 0 Å². The van der Waals surface area contributed by atoms with Gasteiger partial charge in [-0.2, -0.15) is 36.5 Å². The zero-order chi connectivity index (χ0) is 28.5. The topological polar surface area (TPSA) is 109 Å². The van der Waals surface area contributed by atoms with Crippen molar-refractivity contribution in [2.75, 3.05) is 13.3 Å². The first-order valence-corrected chi connectivity index (χ1v) is 13.2. The van der Waals surface area contributed by atoms with Gasteiger partial charge in [-0.25, -0.2) is 9.97 Å². The van der Waals surface area contributed by atoms with E-state index in [-0.39, 0.29) is 39.4 Å². The summed E-state index contributed by atoms with van der Waals surface area (Å²) in [7, 11) is 0.104. The molecular formula is C24H21F6N8OsP. The van der Waals surface area contributed by atoms with Crippen LogP contribution in [0, 0.1) is 0 Å². The van der Waals surface area contributed by atoms with Crippen LogP contribution in [0.1, 0.15) is 11.6 Å². The summed E-state index contributed by atoms with van der Waals surface area (Å²) in [5.41, 5.74) is 0.591. The predicted molar refractivity (Wildman–Crippen MR) is 134 cm³/mol. The minimum atomic E-state index is -4.51. The Balaban J connectivity index is 0.000000215. The van der Waals surface area contributed by atoms with Crippen molar-refractivity contribution in [1.82, 2.24) is 40.3 Å². The van der Waals surface area contributed by atoms with Crippen LogP contribution in [0.25, 0.3) is 23.0 Å². The molecule has 212 valence electrons. The van der Waals surface area contributed by atoms with Crippen molar-refractivity contribution in [2.24, 2.45) is 0 Å². The van der Waals surface area contributed by atoms with Crippen LogP contribution in [0.3, 0.4) is 0 Å². The molecule has 0 radical (unpaired) electrons. The Morgan fingerprint density at radius 2 is 1.00 bits per heavy atom. The first-order chi connectivity index (χ1) is 18.4. The average Bonchev–Trinajstić information content (AvgIpc) is 3.62. The molecule has 2 N–H and O–H groups in total. The molecule has 0 spiro atoms. The molecular weight excluding hydrogens is 736 g/mol. The number of aromatic amines is 2. The average molecular weight is 757 g/mol. The Labute approximate surface area is 238 Å². The molecule has 5 aromatic rings. The number of halogens is 6. The third-order valence-corrected chi connectivity index (χ3v) is 5.90. The van der Waals surface area contributed by atoms with Crippen LogP contribution in [0.4, 0.5) is 26.3 Å². The molecule has 16 heteroatoms. The number of pyridine rings is 2. The van der Waals surface area contributed by atoms with Crippen molar-refractivity contribution in [2.45, 2.75) is 12.4 Å². The normalized spacial score (nSPS) is 11.0. The zero-order valence-electron chi connectivity index (χ0n) is 20.8. The predicted octanol–water partition coefficient (Wildman–Crippen LogP) is 5.82. The Kier molecular flexibility index (Phi) is 12.0. The van der Waals surface area contributed by atoms with Crippen molar-refractivity contribution in [3.63, 3.8) is 0 Å². The summed E-state index contributed by atoms with van der Waals surface area (Å²) in [6.07, 6.45) is -6.11. The van der Waals surface area contributed by atoms with E-state index < -0.39 is 24.0 Å². The summed E-state index contributed by atoms with van der Waals surface area (Å²) in [4.78, 5) is 14.3. The fourth-order valence-electron chi connectivity index (χ4n) is 2.72. The molecule has 0 amide bonds. The van der Waals surface area contributed by atoms with Crippen LogP contribution in [-0.4, -0.2) is 53.7 Å². The molecule has 40 heavy (non-hydrogen) atoms. The maximum Gasteiger partial charge on any atom is 0.451 e. The molecule has 0 atom stereocenters. The maximum absolute atomic E-state index is 12.2. The molecule has 1 aromatic carbocycles. The van der Waals surface area contributed by atoms with Gasteiger partial charge in [-0.05, 0) is 42.9 Å². The van der Waals surface area contributed by atoms with E-state index >= 15 is 0 Å². The minimum Gasteiger partial charge on any atom is -0.255 e. The number of nitrogens with one attached hydrogen (secondary N) is 2. The summed E-state index contributed by atoms with van der Waals surface area (Å²) in [6, 6.07) is 20.3. The Morgan fingerprint density at radius 3 is 1.27 bits per heavy atom. The van der Waals surface area contributed by atoms with Crippen molar-refractivity contribution in [3.05, 3.63) is 90.8 Å². The summed E-state index contributed by atoms with van der Waals surface area (Å²) < 4.78 is 73.0. The fraction of sp³-hybridized carbons (Fsp3) is 0.167. The van der Waals surface area contributed by atoms with Gasteiger partial charge in [-0.3, -0.25) is 20.2 Å². The minimum absolute atomic E-state index is 0. The quantitative estimate of drug-likeness (QED) is 0.178. The van der Waals surface area contributed by atoms with Crippen LogP contribution in [0.15, 0.2) is 79.1 Å². The van der Waals surface area contributed by atoms with Gasteiger partial charge in [-0.1, -0.05) is 50.4 Å². The van der Waals surface area contributed by atoms with E-state index in [0.717, 1.165) is 0 Å². The number of hydrogen-bond donors (Lipinski definition) is 2. The van der Waals surface area contributed by atoms with Crippen LogP contribution >= 0.6 is 7.92 Å². The molecule has 0 unspecified atom stereocenters. The van der Waals surface area contributed by atoms with Gasteiger partial charge in [0, 0.05) is 32.2 Å². The molecule has 0 aliphatic heterocycles. The number of nitrogens with zero attached hydrogens (tertiary/aromatic N) is 6. The Bertz CT molecular complexity index is 1320. The second-order valence-electron chi connectivity index (χ2n) is 7.67. The molecule has 4 aromatic heterocycles.